The van der Waals surface area contributed by atoms with E-state index in [9.17, 15) is 9.90 Å². The summed E-state index contributed by atoms with van der Waals surface area (Å²) in [5.74, 6) is -0.724. The first-order valence-electron chi connectivity index (χ1n) is 4.75. The summed E-state index contributed by atoms with van der Waals surface area (Å²) in [6.07, 6.45) is -0.0196. The van der Waals surface area contributed by atoms with Crippen LogP contribution in [0.5, 0.6) is 5.75 Å². The summed E-state index contributed by atoms with van der Waals surface area (Å²) in [4.78, 5) is 10.3. The Balaban J connectivity index is 2.40. The average Bonchev–Trinajstić information content (AvgIpc) is 2.19. The number of carboxylic acid groups (broad SMARTS) is 1. The maximum Gasteiger partial charge on any atom is 0.303 e. The molecule has 0 aliphatic heterocycles. The van der Waals surface area contributed by atoms with Gasteiger partial charge < -0.3 is 15.3 Å². The minimum absolute atomic E-state index is 0.0285. The van der Waals surface area contributed by atoms with Crippen molar-refractivity contribution in [1.82, 2.24) is 0 Å². The van der Waals surface area contributed by atoms with Crippen molar-refractivity contribution in [1.29, 1.82) is 0 Å². The summed E-state index contributed by atoms with van der Waals surface area (Å²) in [6, 6.07) is 6.50. The van der Waals surface area contributed by atoms with Crippen LogP contribution in [0.15, 0.2) is 24.3 Å². The predicted molar refractivity (Wildman–Crippen MR) is 54.7 cm³/mol. The highest BCUT2D eigenvalue weighted by atomic mass is 16.4. The molecule has 0 fully saturated rings. The first-order chi connectivity index (χ1) is 7.08. The van der Waals surface area contributed by atoms with E-state index >= 15 is 0 Å². The van der Waals surface area contributed by atoms with Gasteiger partial charge in [0.25, 0.3) is 0 Å². The van der Waals surface area contributed by atoms with Crippen molar-refractivity contribution in [2.45, 2.75) is 25.4 Å². The number of hydrogen-bond donors (Lipinski definition) is 3. The Morgan fingerprint density at radius 1 is 1.27 bits per heavy atom. The van der Waals surface area contributed by atoms with E-state index in [1.807, 2.05) is 0 Å². The molecule has 0 aromatic heterocycles. The summed E-state index contributed by atoms with van der Waals surface area (Å²) in [7, 11) is 0. The molecule has 1 unspecified atom stereocenters. The van der Waals surface area contributed by atoms with Crippen molar-refractivity contribution in [3.8, 4) is 5.75 Å². The lowest BCUT2D eigenvalue weighted by atomic mass is 10.0. The molecule has 0 bridgehead atoms. The topological polar surface area (TPSA) is 77.8 Å². The van der Waals surface area contributed by atoms with E-state index in [1.165, 1.54) is 0 Å². The molecule has 1 rings (SSSR count). The van der Waals surface area contributed by atoms with E-state index in [1.54, 1.807) is 24.3 Å². The highest BCUT2D eigenvalue weighted by molar-refractivity contribution is 5.66. The number of phenols is 1. The number of aliphatic carboxylic acids is 1. The van der Waals surface area contributed by atoms with Gasteiger partial charge in [0, 0.05) is 6.42 Å². The highest BCUT2D eigenvalue weighted by Gasteiger charge is 2.08. The van der Waals surface area contributed by atoms with Crippen LogP contribution in [-0.4, -0.2) is 27.4 Å². The summed E-state index contributed by atoms with van der Waals surface area (Å²) < 4.78 is 0. The molecule has 0 radical (unpaired) electrons. The van der Waals surface area contributed by atoms with E-state index in [0.29, 0.717) is 6.42 Å². The fourth-order valence-electron chi connectivity index (χ4n) is 1.30. The lowest BCUT2D eigenvalue weighted by molar-refractivity contribution is -0.137. The fraction of sp³-hybridized carbons (Fsp3) is 0.364. The molecule has 1 atom stereocenters. The van der Waals surface area contributed by atoms with Crippen LogP contribution in [0.25, 0.3) is 0 Å². The third kappa shape index (κ3) is 4.46. The molecule has 0 aliphatic rings. The minimum Gasteiger partial charge on any atom is -0.508 e. The van der Waals surface area contributed by atoms with Crippen molar-refractivity contribution in [3.05, 3.63) is 29.8 Å². The molecule has 4 heteroatoms. The van der Waals surface area contributed by atoms with Gasteiger partial charge >= 0.3 is 5.97 Å². The van der Waals surface area contributed by atoms with Crippen LogP contribution in [0.1, 0.15) is 18.4 Å². The number of rotatable bonds is 5. The Kier molecular flexibility index (Phi) is 4.12. The number of phenolic OH excluding ortho intramolecular Hbond substituents is 1. The number of carbonyl (C=O) groups is 1. The Morgan fingerprint density at radius 3 is 2.40 bits per heavy atom. The van der Waals surface area contributed by atoms with Gasteiger partial charge in [0.15, 0.2) is 0 Å². The summed E-state index contributed by atoms with van der Waals surface area (Å²) in [6.45, 7) is 0. The number of carboxylic acids is 1. The first kappa shape index (κ1) is 11.5. The molecule has 0 saturated carbocycles. The molecule has 0 aliphatic carbocycles. The lowest BCUT2D eigenvalue weighted by Crippen LogP contribution is -2.12. The quantitative estimate of drug-likeness (QED) is 0.681. The van der Waals surface area contributed by atoms with Crippen LogP contribution in [0.4, 0.5) is 0 Å². The predicted octanol–water partition coefficient (Wildman–Crippen LogP) is 1.16. The Labute approximate surface area is 87.8 Å². The zero-order valence-electron chi connectivity index (χ0n) is 8.26. The number of aliphatic hydroxyl groups is 1. The van der Waals surface area contributed by atoms with Gasteiger partial charge in [0.05, 0.1) is 6.10 Å². The van der Waals surface area contributed by atoms with Gasteiger partial charge in [-0.2, -0.15) is 0 Å². The lowest BCUT2D eigenvalue weighted by Gasteiger charge is -2.08. The van der Waals surface area contributed by atoms with Crippen LogP contribution in [0.3, 0.4) is 0 Å². The second-order valence-corrected chi connectivity index (χ2v) is 3.46. The van der Waals surface area contributed by atoms with Crippen LogP contribution in [0, 0.1) is 0 Å². The van der Waals surface area contributed by atoms with Crippen LogP contribution >= 0.6 is 0 Å². The van der Waals surface area contributed by atoms with Crippen molar-refractivity contribution in [3.63, 3.8) is 0 Å². The molecule has 15 heavy (non-hydrogen) atoms. The van der Waals surface area contributed by atoms with Gasteiger partial charge in [0.1, 0.15) is 5.75 Å². The molecule has 82 valence electrons. The number of aromatic hydroxyl groups is 1. The zero-order valence-corrected chi connectivity index (χ0v) is 8.26. The van der Waals surface area contributed by atoms with E-state index < -0.39 is 12.1 Å². The number of aliphatic hydroxyl groups excluding tert-OH is 1. The fourth-order valence-corrected chi connectivity index (χ4v) is 1.30. The second-order valence-electron chi connectivity index (χ2n) is 3.46. The van der Waals surface area contributed by atoms with E-state index in [4.69, 9.17) is 10.2 Å². The van der Waals surface area contributed by atoms with Gasteiger partial charge in [0.2, 0.25) is 0 Å². The second kappa shape index (κ2) is 5.36. The van der Waals surface area contributed by atoms with Crippen molar-refractivity contribution in [2.75, 3.05) is 0 Å². The van der Waals surface area contributed by atoms with Crippen molar-refractivity contribution in [2.24, 2.45) is 0 Å². The van der Waals surface area contributed by atoms with Gasteiger partial charge in [-0.3, -0.25) is 4.79 Å². The smallest absolute Gasteiger partial charge is 0.303 e. The van der Waals surface area contributed by atoms with Gasteiger partial charge in [-0.25, -0.2) is 0 Å². The summed E-state index contributed by atoms with van der Waals surface area (Å²) in [5, 5.41) is 26.9. The van der Waals surface area contributed by atoms with Crippen LogP contribution < -0.4 is 0 Å². The Hall–Kier alpha value is -1.55. The maximum absolute atomic E-state index is 10.3. The average molecular weight is 210 g/mol. The molecular weight excluding hydrogens is 196 g/mol. The van der Waals surface area contributed by atoms with Crippen molar-refractivity contribution >= 4 is 5.97 Å². The molecule has 4 nitrogen and oxygen atoms in total. The normalized spacial score (nSPS) is 12.3. The molecule has 0 spiro atoms. The monoisotopic (exact) mass is 210 g/mol. The largest absolute Gasteiger partial charge is 0.508 e. The molecule has 1 aromatic rings. The van der Waals surface area contributed by atoms with Gasteiger partial charge in [-0.05, 0) is 30.5 Å². The van der Waals surface area contributed by atoms with Crippen LogP contribution in [-0.2, 0) is 11.2 Å². The van der Waals surface area contributed by atoms with E-state index in [0.717, 1.165) is 5.56 Å². The van der Waals surface area contributed by atoms with E-state index in [-0.39, 0.29) is 18.6 Å². The van der Waals surface area contributed by atoms with Crippen molar-refractivity contribution < 1.29 is 20.1 Å². The van der Waals surface area contributed by atoms with Crippen LogP contribution in [0.2, 0.25) is 0 Å². The molecule has 0 saturated heterocycles. The Morgan fingerprint density at radius 2 is 1.87 bits per heavy atom. The molecule has 1 aromatic carbocycles. The van der Waals surface area contributed by atoms with E-state index in [2.05, 4.69) is 0 Å². The third-order valence-electron chi connectivity index (χ3n) is 2.10. The standard InChI is InChI=1S/C11H14O4/c12-9-3-1-8(2-4-9)7-10(13)5-6-11(14)15/h1-4,10,12-13H,5-7H2,(H,14,15). The maximum atomic E-state index is 10.3. The first-order valence-corrected chi connectivity index (χ1v) is 4.75. The molecule has 0 heterocycles. The highest BCUT2D eigenvalue weighted by Crippen LogP contribution is 2.12. The summed E-state index contributed by atoms with van der Waals surface area (Å²) in [5.41, 5.74) is 0.880. The number of hydrogen-bond acceptors (Lipinski definition) is 3. The Bertz CT molecular complexity index is 318. The zero-order chi connectivity index (χ0) is 11.3. The molecule has 0 amide bonds. The van der Waals surface area contributed by atoms with Gasteiger partial charge in [-0.1, -0.05) is 12.1 Å². The minimum atomic E-state index is -0.903. The number of benzene rings is 1. The molecule has 3 N–H and O–H groups in total. The third-order valence-corrected chi connectivity index (χ3v) is 2.10. The SMILES string of the molecule is O=C(O)CCC(O)Cc1ccc(O)cc1. The van der Waals surface area contributed by atoms with Gasteiger partial charge in [-0.15, -0.1) is 0 Å². The summed E-state index contributed by atoms with van der Waals surface area (Å²) >= 11 is 0. The molecular formula is C11H14O4.